The van der Waals surface area contributed by atoms with E-state index in [1.54, 1.807) is 7.05 Å². The van der Waals surface area contributed by atoms with E-state index in [2.05, 4.69) is 41.5 Å². The van der Waals surface area contributed by atoms with Gasteiger partial charge in [0.1, 0.15) is 5.56 Å². The number of allylic oxidation sites excluding steroid dienone is 1. The molecule has 0 bridgehead atoms. The molecule has 2 heterocycles. The van der Waals surface area contributed by atoms with Crippen molar-refractivity contribution in [2.45, 2.75) is 26.2 Å². The molecule has 0 radical (unpaired) electrons. The molecule has 2 aromatic carbocycles. The average Bonchev–Trinajstić information content (AvgIpc) is 3.69. The smallest absolute Gasteiger partial charge is 0.264 e. The highest BCUT2D eigenvalue weighted by atomic mass is 16.1. The Morgan fingerprint density at radius 2 is 1.95 bits per heavy atom. The standard InChI is InChI=1S/C22H19NO.C8H11N5O/c1-2-19-15-18-8-6-7-17(14-13-16-11-12-16)21(18)22(24)23(19)20-9-4-3-5-10-20;1-3-4-11-8-5(7(10)14)6(9)12-13(8)2/h3-10,15-16H,2,11-12H2,1H3;3-4H,1H2,2H3,(H2,9,12)(H2,10,14)/b;11-4-. The molecule has 4 aromatic rings. The Bertz CT molecular complexity index is 1650. The molecule has 5 rings (SSSR count). The second-order valence-corrected chi connectivity index (χ2v) is 8.86. The summed E-state index contributed by atoms with van der Waals surface area (Å²) in [5.41, 5.74) is 13.5. The number of benzene rings is 2. The third-order valence-corrected chi connectivity index (χ3v) is 6.08. The van der Waals surface area contributed by atoms with Gasteiger partial charge in [0.15, 0.2) is 11.6 Å². The molecule has 192 valence electrons. The zero-order chi connectivity index (χ0) is 27.2. The number of nitrogens with two attached hydrogens (primary N) is 2. The van der Waals surface area contributed by atoms with Crippen molar-refractivity contribution in [3.05, 3.63) is 94.4 Å². The molecule has 1 aliphatic rings. The van der Waals surface area contributed by atoms with Crippen LogP contribution in [0, 0.1) is 17.8 Å². The Morgan fingerprint density at radius 3 is 2.58 bits per heavy atom. The SMILES string of the molecule is C=C/C=N\c1c(C(N)=O)c(N)nn1C.CCc1cc2cccc(C#CC3CC3)c2c(=O)n1-c1ccccc1. The summed E-state index contributed by atoms with van der Waals surface area (Å²) in [6.07, 6.45) is 6.09. The van der Waals surface area contributed by atoms with Crippen molar-refractivity contribution in [2.24, 2.45) is 23.7 Å². The van der Waals surface area contributed by atoms with E-state index in [0.717, 1.165) is 34.1 Å². The zero-order valence-electron chi connectivity index (χ0n) is 21.5. The number of anilines is 1. The van der Waals surface area contributed by atoms with Gasteiger partial charge in [0.05, 0.1) is 5.39 Å². The lowest BCUT2D eigenvalue weighted by Crippen LogP contribution is -2.22. The number of aromatic nitrogens is 3. The van der Waals surface area contributed by atoms with Gasteiger partial charge >= 0.3 is 0 Å². The van der Waals surface area contributed by atoms with Crippen LogP contribution >= 0.6 is 0 Å². The number of rotatable bonds is 5. The van der Waals surface area contributed by atoms with Crippen LogP contribution in [-0.4, -0.2) is 26.5 Å². The molecule has 2 aromatic heterocycles. The number of carbonyl (C=O) groups is 1. The lowest BCUT2D eigenvalue weighted by atomic mass is 10.0. The topological polar surface area (TPSA) is 121 Å². The number of aryl methyl sites for hydroxylation is 2. The first-order chi connectivity index (χ1) is 18.3. The van der Waals surface area contributed by atoms with Gasteiger partial charge in [0.2, 0.25) is 0 Å². The van der Waals surface area contributed by atoms with Gasteiger partial charge in [-0.15, -0.1) is 0 Å². The van der Waals surface area contributed by atoms with Crippen LogP contribution in [0.1, 0.15) is 41.4 Å². The van der Waals surface area contributed by atoms with Gasteiger partial charge in [-0.25, -0.2) is 9.67 Å². The number of primary amides is 1. The molecular weight excluding hydrogens is 476 g/mol. The van der Waals surface area contributed by atoms with Gasteiger partial charge in [-0.3, -0.25) is 14.2 Å². The maximum absolute atomic E-state index is 13.3. The van der Waals surface area contributed by atoms with Crippen molar-refractivity contribution in [3.63, 3.8) is 0 Å². The molecule has 0 unspecified atom stereocenters. The molecule has 0 aliphatic heterocycles. The summed E-state index contributed by atoms with van der Waals surface area (Å²) in [7, 11) is 1.62. The van der Waals surface area contributed by atoms with Gasteiger partial charge in [-0.1, -0.05) is 61.8 Å². The molecule has 0 atom stereocenters. The predicted molar refractivity (Wildman–Crippen MR) is 153 cm³/mol. The van der Waals surface area contributed by atoms with Crippen molar-refractivity contribution in [1.82, 2.24) is 14.3 Å². The van der Waals surface area contributed by atoms with Crippen LogP contribution in [0.25, 0.3) is 16.5 Å². The number of amides is 1. The van der Waals surface area contributed by atoms with Crippen LogP contribution < -0.4 is 17.0 Å². The van der Waals surface area contributed by atoms with Crippen LogP contribution in [-0.2, 0) is 13.5 Å². The summed E-state index contributed by atoms with van der Waals surface area (Å²) < 4.78 is 3.21. The summed E-state index contributed by atoms with van der Waals surface area (Å²) in [5.74, 6) is 6.81. The fraction of sp³-hybridized carbons (Fsp3) is 0.200. The highest BCUT2D eigenvalue weighted by Gasteiger charge is 2.19. The molecule has 8 heteroatoms. The molecule has 38 heavy (non-hydrogen) atoms. The minimum absolute atomic E-state index is 0.0243. The molecular formula is C30H30N6O2. The van der Waals surface area contributed by atoms with Crippen molar-refractivity contribution >= 4 is 34.5 Å². The van der Waals surface area contributed by atoms with Crippen LogP contribution in [0.5, 0.6) is 0 Å². The van der Waals surface area contributed by atoms with E-state index in [9.17, 15) is 9.59 Å². The lowest BCUT2D eigenvalue weighted by molar-refractivity contribution is 0.100. The summed E-state index contributed by atoms with van der Waals surface area (Å²) in [6, 6.07) is 17.9. The predicted octanol–water partition coefficient (Wildman–Crippen LogP) is 4.30. The zero-order valence-corrected chi connectivity index (χ0v) is 21.5. The summed E-state index contributed by atoms with van der Waals surface area (Å²) in [6.45, 7) is 5.54. The summed E-state index contributed by atoms with van der Waals surface area (Å²) in [5, 5.41) is 5.54. The Balaban J connectivity index is 0.000000206. The Labute approximate surface area is 221 Å². The molecule has 8 nitrogen and oxygen atoms in total. The molecule has 0 saturated heterocycles. The number of hydrogen-bond donors (Lipinski definition) is 2. The Kier molecular flexibility index (Phi) is 7.88. The van der Waals surface area contributed by atoms with E-state index in [1.165, 1.54) is 29.8 Å². The fourth-order valence-corrected chi connectivity index (χ4v) is 4.09. The molecule has 1 fully saturated rings. The van der Waals surface area contributed by atoms with E-state index in [-0.39, 0.29) is 16.9 Å². The molecule has 1 aliphatic carbocycles. The third-order valence-electron chi connectivity index (χ3n) is 6.08. The number of para-hydroxylation sites is 1. The summed E-state index contributed by atoms with van der Waals surface area (Å²) >= 11 is 0. The van der Waals surface area contributed by atoms with Gasteiger partial charge in [-0.05, 0) is 48.9 Å². The number of nitrogen functional groups attached to an aromatic ring is 1. The second kappa shape index (κ2) is 11.4. The Morgan fingerprint density at radius 1 is 1.21 bits per heavy atom. The molecule has 4 N–H and O–H groups in total. The Hall–Kier alpha value is -4.90. The second-order valence-electron chi connectivity index (χ2n) is 8.86. The van der Waals surface area contributed by atoms with Crippen molar-refractivity contribution < 1.29 is 4.79 Å². The average molecular weight is 507 g/mol. The number of carbonyl (C=O) groups excluding carboxylic acids is 1. The van der Waals surface area contributed by atoms with E-state index in [4.69, 9.17) is 11.5 Å². The van der Waals surface area contributed by atoms with E-state index < -0.39 is 5.91 Å². The number of nitrogens with zero attached hydrogens (tertiary/aromatic N) is 4. The number of fused-ring (bicyclic) bond motifs is 1. The minimum Gasteiger partial charge on any atom is -0.381 e. The third kappa shape index (κ3) is 5.57. The first-order valence-corrected chi connectivity index (χ1v) is 12.4. The number of hydrogen-bond acceptors (Lipinski definition) is 5. The van der Waals surface area contributed by atoms with Crippen LogP contribution in [0.3, 0.4) is 0 Å². The van der Waals surface area contributed by atoms with E-state index >= 15 is 0 Å². The number of aliphatic imine (C=N–C) groups is 1. The van der Waals surface area contributed by atoms with Crippen molar-refractivity contribution in [2.75, 3.05) is 5.73 Å². The van der Waals surface area contributed by atoms with Crippen LogP contribution in [0.2, 0.25) is 0 Å². The first kappa shape index (κ1) is 26.2. The maximum Gasteiger partial charge on any atom is 0.264 e. The van der Waals surface area contributed by atoms with Crippen LogP contribution in [0.15, 0.2) is 77.0 Å². The monoisotopic (exact) mass is 506 g/mol. The number of pyridine rings is 1. The van der Waals surface area contributed by atoms with Gasteiger partial charge in [0, 0.05) is 36.1 Å². The van der Waals surface area contributed by atoms with Crippen LogP contribution in [0.4, 0.5) is 11.6 Å². The normalized spacial score (nSPS) is 12.5. The summed E-state index contributed by atoms with van der Waals surface area (Å²) in [4.78, 5) is 28.2. The maximum atomic E-state index is 13.3. The quantitative estimate of drug-likeness (QED) is 0.309. The molecule has 0 spiro atoms. The molecule has 1 saturated carbocycles. The van der Waals surface area contributed by atoms with Gasteiger partial charge in [-0.2, -0.15) is 5.10 Å². The minimum atomic E-state index is -0.646. The largest absolute Gasteiger partial charge is 0.381 e. The first-order valence-electron chi connectivity index (χ1n) is 12.4. The highest BCUT2D eigenvalue weighted by Crippen LogP contribution is 2.28. The van der Waals surface area contributed by atoms with Crippen molar-refractivity contribution in [3.8, 4) is 17.5 Å². The molecule has 1 amide bonds. The highest BCUT2D eigenvalue weighted by molar-refractivity contribution is 6.02. The fourth-order valence-electron chi connectivity index (χ4n) is 4.09. The van der Waals surface area contributed by atoms with E-state index in [1.807, 2.05) is 53.1 Å². The van der Waals surface area contributed by atoms with Gasteiger partial charge in [0.25, 0.3) is 11.5 Å². The van der Waals surface area contributed by atoms with Gasteiger partial charge < -0.3 is 11.5 Å². The van der Waals surface area contributed by atoms with E-state index in [0.29, 0.717) is 11.7 Å². The van der Waals surface area contributed by atoms with Crippen molar-refractivity contribution in [1.29, 1.82) is 0 Å². The lowest BCUT2D eigenvalue weighted by Gasteiger charge is -2.14.